The number of rotatable bonds is 6. The van der Waals surface area contributed by atoms with Crippen molar-refractivity contribution in [3.05, 3.63) is 35.9 Å². The van der Waals surface area contributed by atoms with Crippen molar-refractivity contribution < 1.29 is 14.7 Å². The number of carboxylic acids is 1. The first-order chi connectivity index (χ1) is 11.9. The molecule has 0 radical (unpaired) electrons. The van der Waals surface area contributed by atoms with Crippen LogP contribution in [0.4, 0.5) is 0 Å². The lowest BCUT2D eigenvalue weighted by Gasteiger charge is -2.33. The molecular formula is C20H28N2O3. The lowest BCUT2D eigenvalue weighted by molar-refractivity contribution is -0.146. The van der Waals surface area contributed by atoms with Crippen LogP contribution in [-0.4, -0.2) is 53.5 Å². The Morgan fingerprint density at radius 2 is 2.08 bits per heavy atom. The van der Waals surface area contributed by atoms with E-state index >= 15 is 0 Å². The van der Waals surface area contributed by atoms with Gasteiger partial charge in [-0.15, -0.1) is 0 Å². The number of hydrogen-bond donors (Lipinski definition) is 1. The molecule has 5 heteroatoms. The highest BCUT2D eigenvalue weighted by molar-refractivity contribution is 5.84. The van der Waals surface area contributed by atoms with Gasteiger partial charge in [-0.25, -0.2) is 0 Å². The third-order valence-electron chi connectivity index (χ3n) is 5.93. The zero-order chi connectivity index (χ0) is 18.0. The number of carbonyl (C=O) groups is 2. The topological polar surface area (TPSA) is 60.9 Å². The Balaban J connectivity index is 1.70. The number of amides is 1. The molecular weight excluding hydrogens is 316 g/mol. The molecule has 1 aromatic carbocycles. The highest BCUT2D eigenvalue weighted by atomic mass is 16.4. The van der Waals surface area contributed by atoms with E-state index in [1.807, 2.05) is 18.2 Å². The quantitative estimate of drug-likeness (QED) is 0.861. The zero-order valence-electron chi connectivity index (χ0n) is 15.1. The van der Waals surface area contributed by atoms with Gasteiger partial charge in [0.15, 0.2) is 0 Å². The predicted octanol–water partition coefficient (Wildman–Crippen LogP) is 2.47. The molecule has 3 rings (SSSR count). The zero-order valence-corrected chi connectivity index (χ0v) is 15.1. The average Bonchev–Trinajstić information content (AvgIpc) is 3.12. The van der Waals surface area contributed by atoms with Gasteiger partial charge in [-0.3, -0.25) is 14.5 Å². The van der Waals surface area contributed by atoms with E-state index in [0.717, 1.165) is 38.9 Å². The van der Waals surface area contributed by atoms with Crippen molar-refractivity contribution in [2.75, 3.05) is 26.7 Å². The van der Waals surface area contributed by atoms with Crippen molar-refractivity contribution in [1.82, 2.24) is 9.80 Å². The first kappa shape index (κ1) is 17.9. The van der Waals surface area contributed by atoms with Crippen LogP contribution in [-0.2, 0) is 16.1 Å². The summed E-state index contributed by atoms with van der Waals surface area (Å²) in [5.41, 5.74) is 0.958. The van der Waals surface area contributed by atoms with E-state index in [9.17, 15) is 9.59 Å². The summed E-state index contributed by atoms with van der Waals surface area (Å²) in [7, 11) is 1.76. The molecule has 136 valence electrons. The Morgan fingerprint density at radius 1 is 1.36 bits per heavy atom. The fourth-order valence-electron chi connectivity index (χ4n) is 4.66. The molecule has 2 aliphatic rings. The number of benzene rings is 1. The Hall–Kier alpha value is -1.88. The van der Waals surface area contributed by atoms with E-state index in [0.29, 0.717) is 5.92 Å². The highest BCUT2D eigenvalue weighted by Gasteiger charge is 2.55. The summed E-state index contributed by atoms with van der Waals surface area (Å²) in [4.78, 5) is 28.4. The van der Waals surface area contributed by atoms with Crippen LogP contribution >= 0.6 is 0 Å². The molecule has 25 heavy (non-hydrogen) atoms. The summed E-state index contributed by atoms with van der Waals surface area (Å²) in [5, 5.41) is 9.12. The van der Waals surface area contributed by atoms with Gasteiger partial charge in [-0.05, 0) is 24.3 Å². The SMILES string of the molecule is CC(CN(C)C(=O)[C@@]12CCC[C@@H]1CN(Cc1ccccc1)C2)C(=O)O. The van der Waals surface area contributed by atoms with Gasteiger partial charge in [-0.1, -0.05) is 43.7 Å². The summed E-state index contributed by atoms with van der Waals surface area (Å²) >= 11 is 0. The monoisotopic (exact) mass is 344 g/mol. The van der Waals surface area contributed by atoms with Gasteiger partial charge in [0.25, 0.3) is 0 Å². The molecule has 0 aromatic heterocycles. The molecule has 1 N–H and O–H groups in total. The van der Waals surface area contributed by atoms with Crippen LogP contribution in [0, 0.1) is 17.3 Å². The molecule has 0 spiro atoms. The highest BCUT2D eigenvalue weighted by Crippen LogP contribution is 2.50. The number of likely N-dealkylation sites (tertiary alicyclic amines) is 1. The third-order valence-corrected chi connectivity index (χ3v) is 5.93. The maximum Gasteiger partial charge on any atom is 0.308 e. The van der Waals surface area contributed by atoms with Crippen molar-refractivity contribution in [3.8, 4) is 0 Å². The Labute approximate surface area is 149 Å². The predicted molar refractivity (Wildman–Crippen MR) is 95.9 cm³/mol. The number of fused-ring (bicyclic) bond motifs is 1. The van der Waals surface area contributed by atoms with Crippen molar-refractivity contribution in [3.63, 3.8) is 0 Å². The largest absolute Gasteiger partial charge is 0.481 e. The molecule has 1 aromatic rings. The summed E-state index contributed by atoms with van der Waals surface area (Å²) < 4.78 is 0. The maximum atomic E-state index is 13.2. The van der Waals surface area contributed by atoms with E-state index in [-0.39, 0.29) is 17.9 Å². The number of nitrogens with zero attached hydrogens (tertiary/aromatic N) is 2. The third kappa shape index (κ3) is 3.56. The number of aliphatic carboxylic acids is 1. The summed E-state index contributed by atoms with van der Waals surface area (Å²) in [5.74, 6) is -0.853. The van der Waals surface area contributed by atoms with E-state index in [2.05, 4.69) is 17.0 Å². The van der Waals surface area contributed by atoms with Crippen LogP contribution < -0.4 is 0 Å². The minimum atomic E-state index is -0.850. The second-order valence-electron chi connectivity index (χ2n) is 7.83. The maximum absolute atomic E-state index is 13.2. The first-order valence-electron chi connectivity index (χ1n) is 9.17. The van der Waals surface area contributed by atoms with Gasteiger partial charge in [-0.2, -0.15) is 0 Å². The normalized spacial score (nSPS) is 27.0. The van der Waals surface area contributed by atoms with E-state index in [4.69, 9.17) is 5.11 Å². The Morgan fingerprint density at radius 3 is 2.76 bits per heavy atom. The molecule has 5 nitrogen and oxygen atoms in total. The van der Waals surface area contributed by atoms with Crippen molar-refractivity contribution in [2.45, 2.75) is 32.7 Å². The molecule has 1 saturated carbocycles. The fourth-order valence-corrected chi connectivity index (χ4v) is 4.66. The lowest BCUT2D eigenvalue weighted by Crippen LogP contribution is -2.47. The van der Waals surface area contributed by atoms with Gasteiger partial charge < -0.3 is 10.0 Å². The van der Waals surface area contributed by atoms with Crippen LogP contribution in [0.1, 0.15) is 31.7 Å². The Bertz CT molecular complexity index is 633. The Kier molecular flexibility index (Phi) is 5.13. The second kappa shape index (κ2) is 7.16. The minimum absolute atomic E-state index is 0.138. The molecule has 2 fully saturated rings. The summed E-state index contributed by atoms with van der Waals surface area (Å²) in [6.07, 6.45) is 3.12. The van der Waals surface area contributed by atoms with Crippen LogP contribution in [0.2, 0.25) is 0 Å². The second-order valence-corrected chi connectivity index (χ2v) is 7.83. The molecule has 1 aliphatic heterocycles. The molecule has 1 aliphatic carbocycles. The fraction of sp³-hybridized carbons (Fsp3) is 0.600. The lowest BCUT2D eigenvalue weighted by atomic mass is 9.79. The molecule has 1 amide bonds. The van der Waals surface area contributed by atoms with Crippen molar-refractivity contribution in [1.29, 1.82) is 0 Å². The van der Waals surface area contributed by atoms with Crippen molar-refractivity contribution in [2.24, 2.45) is 17.3 Å². The molecule has 0 bridgehead atoms. The molecule has 3 atom stereocenters. The summed E-state index contributed by atoms with van der Waals surface area (Å²) in [6, 6.07) is 10.4. The van der Waals surface area contributed by atoms with Crippen LogP contribution in [0.25, 0.3) is 0 Å². The van der Waals surface area contributed by atoms with Gasteiger partial charge in [0.05, 0.1) is 11.3 Å². The smallest absolute Gasteiger partial charge is 0.308 e. The molecule has 1 unspecified atom stereocenters. The van der Waals surface area contributed by atoms with Gasteiger partial charge in [0.1, 0.15) is 0 Å². The number of carbonyl (C=O) groups excluding carboxylic acids is 1. The minimum Gasteiger partial charge on any atom is -0.481 e. The first-order valence-corrected chi connectivity index (χ1v) is 9.17. The molecule has 1 saturated heterocycles. The van der Waals surface area contributed by atoms with Gasteiger partial charge >= 0.3 is 5.97 Å². The summed E-state index contributed by atoms with van der Waals surface area (Å²) in [6.45, 7) is 4.56. The van der Waals surface area contributed by atoms with E-state index in [1.165, 1.54) is 5.56 Å². The van der Waals surface area contributed by atoms with Gasteiger partial charge in [0, 0.05) is 33.2 Å². The molecule has 1 heterocycles. The number of hydrogen-bond acceptors (Lipinski definition) is 3. The standard InChI is InChI=1S/C20H28N2O3/c1-15(18(23)24)11-21(2)19(25)20-10-6-9-17(20)13-22(14-20)12-16-7-4-3-5-8-16/h3-5,7-8,15,17H,6,9-14H2,1-2H3,(H,23,24)/t15?,17-,20-/m1/s1. The van der Waals surface area contributed by atoms with E-state index < -0.39 is 11.9 Å². The van der Waals surface area contributed by atoms with Crippen LogP contribution in [0.15, 0.2) is 30.3 Å². The van der Waals surface area contributed by atoms with Crippen LogP contribution in [0.5, 0.6) is 0 Å². The average molecular weight is 344 g/mol. The van der Waals surface area contributed by atoms with Crippen molar-refractivity contribution >= 4 is 11.9 Å². The van der Waals surface area contributed by atoms with Crippen LogP contribution in [0.3, 0.4) is 0 Å². The van der Waals surface area contributed by atoms with Gasteiger partial charge in [0.2, 0.25) is 5.91 Å². The van der Waals surface area contributed by atoms with E-state index in [1.54, 1.807) is 18.9 Å². The number of carboxylic acid groups (broad SMARTS) is 1.